The summed E-state index contributed by atoms with van der Waals surface area (Å²) in [5, 5.41) is 2.86. The summed E-state index contributed by atoms with van der Waals surface area (Å²) < 4.78 is 5.42. The molecule has 0 radical (unpaired) electrons. The summed E-state index contributed by atoms with van der Waals surface area (Å²) in [7, 11) is 0. The average molecular weight is 305 g/mol. The van der Waals surface area contributed by atoms with Crippen LogP contribution in [0.1, 0.15) is 55.8 Å². The van der Waals surface area contributed by atoms with Gasteiger partial charge in [-0.3, -0.25) is 9.59 Å². The van der Waals surface area contributed by atoms with Gasteiger partial charge in [0.05, 0.1) is 0 Å². The molecule has 0 aromatic heterocycles. The third-order valence-electron chi connectivity index (χ3n) is 3.33. The van der Waals surface area contributed by atoms with Gasteiger partial charge in [-0.05, 0) is 19.3 Å². The van der Waals surface area contributed by atoms with Crippen molar-refractivity contribution >= 4 is 11.7 Å². The number of benzene rings is 1. The number of unbranched alkanes of at least 4 members (excludes halogenated alkanes) is 1. The molecule has 1 N–H and O–H groups in total. The number of carbonyl (C=O) groups excluding carboxylic acids is 2. The first-order valence-electron chi connectivity index (χ1n) is 8.16. The van der Waals surface area contributed by atoms with Crippen molar-refractivity contribution in [2.75, 3.05) is 19.8 Å². The molecule has 0 aliphatic carbocycles. The topological polar surface area (TPSA) is 55.4 Å². The highest BCUT2D eigenvalue weighted by Gasteiger charge is 2.06. The molecule has 0 fully saturated rings. The van der Waals surface area contributed by atoms with Gasteiger partial charge >= 0.3 is 0 Å². The first kappa shape index (κ1) is 18.4. The fourth-order valence-corrected chi connectivity index (χ4v) is 2.02. The van der Waals surface area contributed by atoms with Gasteiger partial charge in [0.25, 0.3) is 0 Å². The molecule has 0 spiro atoms. The molecule has 1 aromatic rings. The normalized spacial score (nSPS) is 10.4. The van der Waals surface area contributed by atoms with E-state index in [9.17, 15) is 9.59 Å². The Bertz CT molecular complexity index is 431. The minimum atomic E-state index is 0.00872. The lowest BCUT2D eigenvalue weighted by atomic mass is 10.1. The number of rotatable bonds is 12. The monoisotopic (exact) mass is 305 g/mol. The van der Waals surface area contributed by atoms with E-state index in [0.717, 1.165) is 25.9 Å². The molecule has 0 heterocycles. The standard InChI is InChI=1S/C18H27NO3/c1-2-3-14-22-15-8-13-19-18(21)12-7-11-17(20)16-9-5-4-6-10-16/h4-6,9-10H,2-3,7-8,11-15H2,1H3,(H,19,21). The second-order valence-corrected chi connectivity index (χ2v) is 5.31. The first-order chi connectivity index (χ1) is 10.7. The Kier molecular flexibility index (Phi) is 9.96. The van der Waals surface area contributed by atoms with Crippen LogP contribution in [0.5, 0.6) is 0 Å². The maximum atomic E-state index is 11.9. The maximum absolute atomic E-state index is 11.9. The van der Waals surface area contributed by atoms with Crippen LogP contribution in [0, 0.1) is 0 Å². The summed E-state index contributed by atoms with van der Waals surface area (Å²) in [6, 6.07) is 9.20. The van der Waals surface area contributed by atoms with Gasteiger partial charge < -0.3 is 10.1 Å². The van der Waals surface area contributed by atoms with Crippen LogP contribution in [-0.4, -0.2) is 31.4 Å². The highest BCUT2D eigenvalue weighted by Crippen LogP contribution is 2.06. The first-order valence-corrected chi connectivity index (χ1v) is 8.16. The molecule has 0 saturated heterocycles. The Morgan fingerprint density at radius 1 is 1.00 bits per heavy atom. The maximum Gasteiger partial charge on any atom is 0.220 e. The highest BCUT2D eigenvalue weighted by molar-refractivity contribution is 5.96. The molecule has 0 saturated carbocycles. The van der Waals surface area contributed by atoms with Crippen LogP contribution in [0.2, 0.25) is 0 Å². The molecule has 0 aliphatic heterocycles. The number of carbonyl (C=O) groups is 2. The molecule has 4 heteroatoms. The van der Waals surface area contributed by atoms with Gasteiger partial charge in [-0.25, -0.2) is 0 Å². The van der Waals surface area contributed by atoms with Crippen LogP contribution in [0.3, 0.4) is 0 Å². The molecule has 0 bridgehead atoms. The van der Waals surface area contributed by atoms with E-state index < -0.39 is 0 Å². The summed E-state index contributed by atoms with van der Waals surface area (Å²) in [6.07, 6.45) is 4.46. The van der Waals surface area contributed by atoms with Crippen LogP contribution < -0.4 is 5.32 Å². The summed E-state index contributed by atoms with van der Waals surface area (Å²) in [6.45, 7) is 4.25. The van der Waals surface area contributed by atoms with Crippen molar-refractivity contribution in [1.82, 2.24) is 5.32 Å². The number of Topliss-reactive ketones (excluding diaryl/α,β-unsaturated/α-hetero) is 1. The van der Waals surface area contributed by atoms with Crippen molar-refractivity contribution in [3.05, 3.63) is 35.9 Å². The van der Waals surface area contributed by atoms with Crippen molar-refractivity contribution in [3.63, 3.8) is 0 Å². The van der Waals surface area contributed by atoms with Gasteiger partial charge in [0.2, 0.25) is 5.91 Å². The smallest absolute Gasteiger partial charge is 0.220 e. The molecule has 4 nitrogen and oxygen atoms in total. The molecule has 122 valence electrons. The molecule has 1 amide bonds. The van der Waals surface area contributed by atoms with Gasteiger partial charge in [-0.15, -0.1) is 0 Å². The molecular weight excluding hydrogens is 278 g/mol. The van der Waals surface area contributed by atoms with Crippen LogP contribution in [0.25, 0.3) is 0 Å². The summed E-state index contributed by atoms with van der Waals surface area (Å²) in [5.74, 6) is 0.104. The van der Waals surface area contributed by atoms with Crippen LogP contribution >= 0.6 is 0 Å². The lowest BCUT2D eigenvalue weighted by Crippen LogP contribution is -2.25. The number of hydrogen-bond donors (Lipinski definition) is 1. The second-order valence-electron chi connectivity index (χ2n) is 5.31. The molecule has 1 aromatic carbocycles. The molecule has 0 aliphatic rings. The van der Waals surface area contributed by atoms with Gasteiger partial charge in [-0.2, -0.15) is 0 Å². The van der Waals surface area contributed by atoms with E-state index in [1.54, 1.807) is 12.1 Å². The van der Waals surface area contributed by atoms with Gasteiger partial charge in [0, 0.05) is 38.2 Å². The van der Waals surface area contributed by atoms with E-state index in [0.29, 0.717) is 38.0 Å². The molecule has 1 rings (SSSR count). The zero-order valence-electron chi connectivity index (χ0n) is 13.5. The van der Waals surface area contributed by atoms with E-state index in [1.165, 1.54) is 0 Å². The SMILES string of the molecule is CCCCOCCCNC(=O)CCCC(=O)c1ccccc1. The summed E-state index contributed by atoms with van der Waals surface area (Å²) in [4.78, 5) is 23.5. The van der Waals surface area contributed by atoms with E-state index in [-0.39, 0.29) is 11.7 Å². The second kappa shape index (κ2) is 11.9. The third kappa shape index (κ3) is 8.57. The van der Waals surface area contributed by atoms with Gasteiger partial charge in [-0.1, -0.05) is 43.7 Å². The summed E-state index contributed by atoms with van der Waals surface area (Å²) in [5.41, 5.74) is 0.715. The predicted octanol–water partition coefficient (Wildman–Crippen LogP) is 3.36. The Hall–Kier alpha value is -1.68. The van der Waals surface area contributed by atoms with Crippen molar-refractivity contribution in [1.29, 1.82) is 0 Å². The number of nitrogens with one attached hydrogen (secondary N) is 1. The third-order valence-corrected chi connectivity index (χ3v) is 3.33. The van der Waals surface area contributed by atoms with Crippen molar-refractivity contribution in [3.8, 4) is 0 Å². The number of amides is 1. The van der Waals surface area contributed by atoms with Crippen molar-refractivity contribution in [2.24, 2.45) is 0 Å². The molecular formula is C18H27NO3. The Morgan fingerprint density at radius 3 is 2.45 bits per heavy atom. The van der Waals surface area contributed by atoms with Gasteiger partial charge in [0.15, 0.2) is 5.78 Å². The predicted molar refractivity (Wildman–Crippen MR) is 88.0 cm³/mol. The van der Waals surface area contributed by atoms with Gasteiger partial charge in [0.1, 0.15) is 0 Å². The Balaban J connectivity index is 2.00. The molecule has 0 atom stereocenters. The number of ketones is 1. The highest BCUT2D eigenvalue weighted by atomic mass is 16.5. The average Bonchev–Trinajstić information content (AvgIpc) is 2.54. The minimum absolute atomic E-state index is 0.00872. The number of ether oxygens (including phenoxy) is 1. The van der Waals surface area contributed by atoms with Crippen molar-refractivity contribution < 1.29 is 14.3 Å². The fraction of sp³-hybridized carbons (Fsp3) is 0.556. The van der Waals surface area contributed by atoms with Crippen LogP contribution in [0.15, 0.2) is 30.3 Å². The number of hydrogen-bond acceptors (Lipinski definition) is 3. The largest absolute Gasteiger partial charge is 0.381 e. The molecule has 0 unspecified atom stereocenters. The Labute approximate surface area is 133 Å². The zero-order chi connectivity index (χ0) is 16.0. The van der Waals surface area contributed by atoms with E-state index in [2.05, 4.69) is 12.2 Å². The zero-order valence-corrected chi connectivity index (χ0v) is 13.5. The summed E-state index contributed by atoms with van der Waals surface area (Å²) >= 11 is 0. The molecule has 22 heavy (non-hydrogen) atoms. The van der Waals surface area contributed by atoms with Crippen LogP contribution in [-0.2, 0) is 9.53 Å². The Morgan fingerprint density at radius 2 is 1.73 bits per heavy atom. The lowest BCUT2D eigenvalue weighted by molar-refractivity contribution is -0.121. The fourth-order valence-electron chi connectivity index (χ4n) is 2.02. The quantitative estimate of drug-likeness (QED) is 0.476. The van der Waals surface area contributed by atoms with Crippen molar-refractivity contribution in [2.45, 2.75) is 45.4 Å². The van der Waals surface area contributed by atoms with E-state index in [4.69, 9.17) is 4.74 Å². The van der Waals surface area contributed by atoms with E-state index >= 15 is 0 Å². The lowest BCUT2D eigenvalue weighted by Gasteiger charge is -2.06. The minimum Gasteiger partial charge on any atom is -0.381 e. The van der Waals surface area contributed by atoms with Crippen LogP contribution in [0.4, 0.5) is 0 Å². The van der Waals surface area contributed by atoms with E-state index in [1.807, 2.05) is 18.2 Å².